The Labute approximate surface area is 161 Å². The molecule has 2 rings (SSSR count). The summed E-state index contributed by atoms with van der Waals surface area (Å²) in [6.45, 7) is 4.44. The lowest BCUT2D eigenvalue weighted by Crippen LogP contribution is -2.76. The summed E-state index contributed by atoms with van der Waals surface area (Å²) in [5.41, 5.74) is 8.89. The van der Waals surface area contributed by atoms with Crippen molar-refractivity contribution in [2.24, 2.45) is 11.7 Å². The minimum Gasteiger partial charge on any atom is -0.347 e. The van der Waals surface area contributed by atoms with Gasteiger partial charge in [0, 0.05) is 29.3 Å². The van der Waals surface area contributed by atoms with Gasteiger partial charge in [0.05, 0.1) is 17.5 Å². The third kappa shape index (κ3) is 5.25. The Balaban J connectivity index is 2.09. The Morgan fingerprint density at radius 3 is 2.73 bits per heavy atom. The van der Waals surface area contributed by atoms with Crippen LogP contribution in [0.25, 0.3) is 5.70 Å². The third-order valence-electron chi connectivity index (χ3n) is 5.32. The zero-order valence-electron chi connectivity index (χ0n) is 16.2. The largest absolute Gasteiger partial charge is 0.347 e. The predicted octanol–water partition coefficient (Wildman–Crippen LogP) is 2.66. The van der Waals surface area contributed by atoms with Gasteiger partial charge in [0.2, 0.25) is 0 Å². The van der Waals surface area contributed by atoms with E-state index in [0.29, 0.717) is 12.5 Å². The van der Waals surface area contributed by atoms with Gasteiger partial charge in [0.25, 0.3) is 5.91 Å². The number of amides is 1. The maximum Gasteiger partial charge on any atom is 0.261 e. The quantitative estimate of drug-likeness (QED) is 0.524. The monoisotopic (exact) mass is 377 g/mol. The van der Waals surface area contributed by atoms with Crippen LogP contribution in [0.2, 0.25) is 0 Å². The first-order valence-corrected chi connectivity index (χ1v) is 10.4. The molecule has 1 fully saturated rings. The Morgan fingerprint density at radius 2 is 2.15 bits per heavy atom. The van der Waals surface area contributed by atoms with Gasteiger partial charge in [0.1, 0.15) is 5.70 Å². The molecule has 1 saturated carbocycles. The van der Waals surface area contributed by atoms with E-state index in [-0.39, 0.29) is 11.9 Å². The molecule has 0 aliphatic heterocycles. The van der Waals surface area contributed by atoms with Crippen LogP contribution in [0.3, 0.4) is 0 Å². The molecule has 0 spiro atoms. The number of nitrogens with one attached hydrogen (secondary N) is 2. The summed E-state index contributed by atoms with van der Waals surface area (Å²) < 4.78 is 0. The Hall–Kier alpha value is -1.50. The molecular weight excluding hydrogens is 344 g/mol. The Morgan fingerprint density at radius 1 is 1.46 bits per heavy atom. The number of hydrogen-bond donors (Lipinski definition) is 4. The van der Waals surface area contributed by atoms with Gasteiger partial charge in [-0.2, -0.15) is 0 Å². The summed E-state index contributed by atoms with van der Waals surface area (Å²) in [4.78, 5) is 14.6. The normalized spacial score (nSPS) is 17.5. The average Bonchev–Trinajstić information content (AvgIpc) is 3.04. The molecule has 0 aromatic carbocycles. The molecule has 0 bridgehead atoms. The highest BCUT2D eigenvalue weighted by Gasteiger charge is 2.22. The molecule has 144 valence electrons. The summed E-state index contributed by atoms with van der Waals surface area (Å²) in [5, 5.41) is 12.6. The molecule has 0 saturated heterocycles. The maximum atomic E-state index is 12.7. The maximum absolute atomic E-state index is 12.7. The van der Waals surface area contributed by atoms with E-state index < -0.39 is 0 Å². The van der Waals surface area contributed by atoms with Crippen molar-refractivity contribution in [3.63, 3.8) is 0 Å². The molecule has 1 unspecified atom stereocenters. The first kappa shape index (κ1) is 20.8. The highest BCUT2D eigenvalue weighted by Crippen LogP contribution is 2.28. The number of hydrogen-bond acceptors (Lipinski definition) is 4. The van der Waals surface area contributed by atoms with Gasteiger partial charge in [-0.15, -0.1) is 11.3 Å². The Bertz CT molecular complexity index is 659. The molecule has 1 aromatic rings. The molecule has 1 atom stereocenters. The van der Waals surface area contributed by atoms with Crippen molar-refractivity contribution < 1.29 is 10.1 Å². The van der Waals surface area contributed by atoms with Crippen molar-refractivity contribution in [3.8, 4) is 0 Å². The zero-order chi connectivity index (χ0) is 19.1. The molecule has 1 aromatic heterocycles. The second kappa shape index (κ2) is 10.00. The molecule has 5 nitrogen and oxygen atoms in total. The molecule has 1 aliphatic rings. The van der Waals surface area contributed by atoms with Gasteiger partial charge in [-0.3, -0.25) is 4.79 Å². The van der Waals surface area contributed by atoms with Crippen LogP contribution in [0, 0.1) is 18.3 Å². The van der Waals surface area contributed by atoms with E-state index in [1.54, 1.807) is 0 Å². The van der Waals surface area contributed by atoms with Gasteiger partial charge >= 0.3 is 0 Å². The number of aryl methyl sites for hydroxylation is 1. The number of thiophene rings is 1. The number of carbonyl (C=O) groups is 1. The zero-order valence-corrected chi connectivity index (χ0v) is 17.0. The van der Waals surface area contributed by atoms with Crippen molar-refractivity contribution in [2.75, 3.05) is 13.6 Å². The number of quaternary nitrogens is 1. The fraction of sp³-hybridized carbons (Fsp3) is 0.600. The minimum absolute atomic E-state index is 0.0291. The third-order valence-corrected chi connectivity index (χ3v) is 6.37. The first-order valence-electron chi connectivity index (χ1n) is 9.62. The highest BCUT2D eigenvalue weighted by atomic mass is 32.1. The SMILES string of the molecule is C[NH2+]C(=C(C)C=N)c1cc(C(=O)NC(CN)CC2CCCCC2)sc1C. The van der Waals surface area contributed by atoms with Gasteiger partial charge < -0.3 is 21.8 Å². The smallest absolute Gasteiger partial charge is 0.261 e. The molecule has 1 heterocycles. The van der Waals surface area contributed by atoms with E-state index in [1.165, 1.54) is 49.7 Å². The van der Waals surface area contributed by atoms with Gasteiger partial charge in [-0.25, -0.2) is 0 Å². The van der Waals surface area contributed by atoms with Gasteiger partial charge in [-0.1, -0.05) is 32.1 Å². The fourth-order valence-corrected chi connectivity index (χ4v) is 4.77. The average molecular weight is 378 g/mol. The molecule has 6 N–H and O–H groups in total. The molecule has 6 heteroatoms. The molecule has 1 aliphatic carbocycles. The lowest BCUT2D eigenvalue weighted by molar-refractivity contribution is -0.530. The lowest BCUT2D eigenvalue weighted by atomic mass is 9.85. The first-order chi connectivity index (χ1) is 12.5. The van der Waals surface area contributed by atoms with Crippen molar-refractivity contribution in [1.29, 1.82) is 5.41 Å². The van der Waals surface area contributed by atoms with E-state index in [1.807, 2.05) is 32.3 Å². The van der Waals surface area contributed by atoms with Crippen molar-refractivity contribution in [2.45, 2.75) is 58.4 Å². The fourth-order valence-electron chi connectivity index (χ4n) is 3.83. The molecular formula is C20H33N4OS+. The highest BCUT2D eigenvalue weighted by molar-refractivity contribution is 7.14. The molecule has 1 amide bonds. The van der Waals surface area contributed by atoms with Crippen molar-refractivity contribution >= 4 is 29.2 Å². The molecule has 0 radical (unpaired) electrons. The summed E-state index contributed by atoms with van der Waals surface area (Å²) >= 11 is 1.51. The van der Waals surface area contributed by atoms with Crippen LogP contribution in [-0.2, 0) is 0 Å². The second-order valence-electron chi connectivity index (χ2n) is 7.26. The van der Waals surface area contributed by atoms with E-state index in [4.69, 9.17) is 11.1 Å². The van der Waals surface area contributed by atoms with Crippen LogP contribution < -0.4 is 16.4 Å². The summed E-state index contributed by atoms with van der Waals surface area (Å²) in [6, 6.07) is 2.00. The van der Waals surface area contributed by atoms with E-state index >= 15 is 0 Å². The van der Waals surface area contributed by atoms with Crippen LogP contribution in [0.4, 0.5) is 0 Å². The van der Waals surface area contributed by atoms with Crippen LogP contribution in [0.1, 0.15) is 65.6 Å². The van der Waals surface area contributed by atoms with Crippen molar-refractivity contribution in [1.82, 2.24) is 5.32 Å². The lowest BCUT2D eigenvalue weighted by Gasteiger charge is -2.26. The second-order valence-corrected chi connectivity index (χ2v) is 8.51. The number of nitrogens with two attached hydrogens (primary N) is 2. The standard InChI is InChI=1S/C20H32N4OS/c1-13(11-21)19(23-3)17-10-18(26-14(17)2)20(25)24-16(12-22)9-15-7-5-4-6-8-15/h10-11,15-16,21,23H,4-9,12,22H2,1-3H3,(H,24,25)/p+1. The van der Waals surface area contributed by atoms with E-state index in [2.05, 4.69) is 5.32 Å². The molecule has 26 heavy (non-hydrogen) atoms. The Kier molecular flexibility index (Phi) is 8.00. The number of carbonyl (C=O) groups excluding carboxylic acids is 1. The predicted molar refractivity (Wildman–Crippen MR) is 110 cm³/mol. The summed E-state index contributed by atoms with van der Waals surface area (Å²) in [7, 11) is 1.97. The summed E-state index contributed by atoms with van der Waals surface area (Å²) in [6.07, 6.45) is 8.82. The number of rotatable bonds is 8. The van der Waals surface area contributed by atoms with Crippen LogP contribution in [-0.4, -0.2) is 31.8 Å². The number of allylic oxidation sites excluding steroid dienone is 1. The topological polar surface area (TPSA) is 95.6 Å². The minimum atomic E-state index is -0.0291. The van der Waals surface area contributed by atoms with Crippen LogP contribution >= 0.6 is 11.3 Å². The van der Waals surface area contributed by atoms with Crippen LogP contribution in [0.15, 0.2) is 11.6 Å². The van der Waals surface area contributed by atoms with Gasteiger partial charge in [-0.05, 0) is 32.3 Å². The van der Waals surface area contributed by atoms with Gasteiger partial charge in [0.15, 0.2) is 0 Å². The van der Waals surface area contributed by atoms with Crippen LogP contribution in [0.5, 0.6) is 0 Å². The van der Waals surface area contributed by atoms with E-state index in [9.17, 15) is 4.79 Å². The van der Waals surface area contributed by atoms with E-state index in [0.717, 1.165) is 33.0 Å². The van der Waals surface area contributed by atoms with Crippen molar-refractivity contribution in [3.05, 3.63) is 27.0 Å². The summed E-state index contributed by atoms with van der Waals surface area (Å²) in [5.74, 6) is 0.663.